The Balaban J connectivity index is 1.83. The van der Waals surface area contributed by atoms with Gasteiger partial charge in [-0.15, -0.1) is 0 Å². The first-order chi connectivity index (χ1) is 13.1. The van der Waals surface area contributed by atoms with Crippen molar-refractivity contribution in [1.29, 1.82) is 0 Å². The van der Waals surface area contributed by atoms with Gasteiger partial charge in [-0.2, -0.15) is 0 Å². The van der Waals surface area contributed by atoms with E-state index >= 15 is 0 Å². The summed E-state index contributed by atoms with van der Waals surface area (Å²) in [4.78, 5) is 15.2. The Kier molecular flexibility index (Phi) is 6.11. The summed E-state index contributed by atoms with van der Waals surface area (Å²) in [6.45, 7) is 2.17. The molecule has 0 spiro atoms. The highest BCUT2D eigenvalue weighted by molar-refractivity contribution is 9.10. The lowest BCUT2D eigenvalue weighted by Gasteiger charge is -2.18. The predicted molar refractivity (Wildman–Crippen MR) is 110 cm³/mol. The van der Waals surface area contributed by atoms with Crippen molar-refractivity contribution in [3.8, 4) is 17.2 Å². The molecule has 0 saturated carbocycles. The van der Waals surface area contributed by atoms with Gasteiger partial charge in [-0.3, -0.25) is 4.79 Å². The van der Waals surface area contributed by atoms with E-state index in [9.17, 15) is 4.79 Å². The van der Waals surface area contributed by atoms with Crippen LogP contribution < -0.4 is 24.4 Å². The Hall–Kier alpha value is -2.41. The molecule has 2 aromatic rings. The monoisotopic (exact) mass is 434 g/mol. The fourth-order valence-corrected chi connectivity index (χ4v) is 3.85. The highest BCUT2D eigenvalue weighted by Crippen LogP contribution is 2.44. The van der Waals surface area contributed by atoms with Gasteiger partial charge in [0.1, 0.15) is 0 Å². The maximum absolute atomic E-state index is 12.8. The summed E-state index contributed by atoms with van der Waals surface area (Å²) in [6.07, 6.45) is 2.46. The first-order valence-electron chi connectivity index (χ1n) is 8.74. The topological polar surface area (TPSA) is 60.0 Å². The average Bonchev–Trinajstić information content (AvgIpc) is 3.22. The van der Waals surface area contributed by atoms with Crippen molar-refractivity contribution < 1.29 is 19.0 Å². The van der Waals surface area contributed by atoms with Crippen LogP contribution in [0.1, 0.15) is 23.2 Å². The molecule has 0 aromatic heterocycles. The number of methoxy groups -OCH3 is 3. The van der Waals surface area contributed by atoms with Gasteiger partial charge < -0.3 is 24.4 Å². The van der Waals surface area contributed by atoms with Gasteiger partial charge in [0.15, 0.2) is 11.5 Å². The second-order valence-corrected chi connectivity index (χ2v) is 7.00. The van der Waals surface area contributed by atoms with Crippen molar-refractivity contribution in [2.24, 2.45) is 0 Å². The third kappa shape index (κ3) is 3.98. The zero-order valence-electron chi connectivity index (χ0n) is 15.7. The summed E-state index contributed by atoms with van der Waals surface area (Å²) in [6, 6.07) is 9.52. The third-order valence-electron chi connectivity index (χ3n) is 4.61. The van der Waals surface area contributed by atoms with Gasteiger partial charge >= 0.3 is 0 Å². The Bertz CT molecular complexity index is 818. The molecule has 27 heavy (non-hydrogen) atoms. The molecule has 1 N–H and O–H groups in total. The quantitative estimate of drug-likeness (QED) is 0.732. The van der Waals surface area contributed by atoms with Crippen LogP contribution in [0.25, 0.3) is 0 Å². The largest absolute Gasteiger partial charge is 0.493 e. The van der Waals surface area contributed by atoms with E-state index in [1.54, 1.807) is 6.07 Å². The number of carbonyl (C=O) groups is 1. The van der Waals surface area contributed by atoms with E-state index in [4.69, 9.17) is 14.2 Å². The number of benzene rings is 2. The standard InChI is InChI=1S/C20H23BrN2O4/c1-25-16-12-15(17(21)19(27-3)18(16)26-2)20(24)22-13-6-8-14(9-7-13)23-10-4-5-11-23/h6-9,12H,4-5,10-11H2,1-3H3,(H,22,24). The smallest absolute Gasteiger partial charge is 0.257 e. The zero-order valence-corrected chi connectivity index (χ0v) is 17.3. The Morgan fingerprint density at radius 3 is 2.19 bits per heavy atom. The summed E-state index contributed by atoms with van der Waals surface area (Å²) in [7, 11) is 4.55. The van der Waals surface area contributed by atoms with Crippen molar-refractivity contribution in [2.75, 3.05) is 44.6 Å². The van der Waals surface area contributed by atoms with Crippen molar-refractivity contribution >= 4 is 33.2 Å². The maximum atomic E-state index is 12.8. The number of anilines is 2. The Morgan fingerprint density at radius 2 is 1.63 bits per heavy atom. The number of nitrogens with one attached hydrogen (secondary N) is 1. The lowest BCUT2D eigenvalue weighted by Crippen LogP contribution is -2.17. The molecular weight excluding hydrogens is 412 g/mol. The minimum atomic E-state index is -0.268. The van der Waals surface area contributed by atoms with Crippen molar-refractivity contribution in [3.63, 3.8) is 0 Å². The number of halogens is 1. The van der Waals surface area contributed by atoms with E-state index in [-0.39, 0.29) is 5.91 Å². The molecule has 1 amide bonds. The highest BCUT2D eigenvalue weighted by Gasteiger charge is 2.23. The zero-order chi connectivity index (χ0) is 19.4. The molecule has 1 saturated heterocycles. The van der Waals surface area contributed by atoms with Crippen LogP contribution in [0.3, 0.4) is 0 Å². The van der Waals surface area contributed by atoms with Crippen LogP contribution in [0, 0.1) is 0 Å². The van der Waals surface area contributed by atoms with Crippen LogP contribution in [0.4, 0.5) is 11.4 Å². The molecule has 1 aliphatic heterocycles. The van der Waals surface area contributed by atoms with E-state index in [0.29, 0.717) is 27.3 Å². The normalized spacial score (nSPS) is 13.4. The molecular formula is C20H23BrN2O4. The second-order valence-electron chi connectivity index (χ2n) is 6.20. The summed E-state index contributed by atoms with van der Waals surface area (Å²) in [5.41, 5.74) is 2.30. The Labute approximate surface area is 167 Å². The fraction of sp³-hybridized carbons (Fsp3) is 0.350. The van der Waals surface area contributed by atoms with Gasteiger partial charge in [0.2, 0.25) is 5.75 Å². The van der Waals surface area contributed by atoms with Crippen molar-refractivity contribution in [1.82, 2.24) is 0 Å². The number of ether oxygens (including phenoxy) is 3. The number of nitrogens with zero attached hydrogens (tertiary/aromatic N) is 1. The van der Waals surface area contributed by atoms with Gasteiger partial charge in [0, 0.05) is 24.5 Å². The van der Waals surface area contributed by atoms with E-state index in [0.717, 1.165) is 18.8 Å². The molecule has 0 unspecified atom stereocenters. The van der Waals surface area contributed by atoms with Crippen LogP contribution >= 0.6 is 15.9 Å². The SMILES string of the molecule is COc1cc(C(=O)Nc2ccc(N3CCCC3)cc2)c(Br)c(OC)c1OC. The number of carbonyl (C=O) groups excluding carboxylic acids is 1. The van der Waals surface area contributed by atoms with E-state index in [2.05, 4.69) is 26.1 Å². The van der Waals surface area contributed by atoms with Crippen LogP contribution in [0.15, 0.2) is 34.8 Å². The van der Waals surface area contributed by atoms with Gasteiger partial charge in [0.25, 0.3) is 5.91 Å². The number of hydrogen-bond donors (Lipinski definition) is 1. The molecule has 7 heteroatoms. The van der Waals surface area contributed by atoms with Crippen LogP contribution in [0.2, 0.25) is 0 Å². The van der Waals surface area contributed by atoms with Gasteiger partial charge in [0.05, 0.1) is 31.4 Å². The fourth-order valence-electron chi connectivity index (χ4n) is 3.22. The van der Waals surface area contributed by atoms with E-state index < -0.39 is 0 Å². The third-order valence-corrected chi connectivity index (χ3v) is 5.40. The minimum absolute atomic E-state index is 0.268. The first-order valence-corrected chi connectivity index (χ1v) is 9.53. The average molecular weight is 435 g/mol. The molecule has 1 aliphatic rings. The summed E-state index contributed by atoms with van der Waals surface area (Å²) in [5, 5.41) is 2.92. The summed E-state index contributed by atoms with van der Waals surface area (Å²) < 4.78 is 16.6. The lowest BCUT2D eigenvalue weighted by molar-refractivity contribution is 0.102. The highest BCUT2D eigenvalue weighted by atomic mass is 79.9. The number of hydrogen-bond acceptors (Lipinski definition) is 5. The first kappa shape index (κ1) is 19.4. The van der Waals surface area contributed by atoms with Crippen molar-refractivity contribution in [2.45, 2.75) is 12.8 Å². The summed E-state index contributed by atoms with van der Waals surface area (Å²) in [5.74, 6) is 0.993. The van der Waals surface area contributed by atoms with Crippen molar-refractivity contribution in [3.05, 3.63) is 40.4 Å². The van der Waals surface area contributed by atoms with Crippen LogP contribution in [-0.4, -0.2) is 40.3 Å². The van der Waals surface area contributed by atoms with E-state index in [1.807, 2.05) is 24.3 Å². The molecule has 1 heterocycles. The second kappa shape index (κ2) is 8.52. The predicted octanol–water partition coefficient (Wildman–Crippen LogP) is 4.33. The minimum Gasteiger partial charge on any atom is -0.493 e. The molecule has 0 radical (unpaired) electrons. The molecule has 0 atom stereocenters. The molecule has 2 aromatic carbocycles. The molecule has 3 rings (SSSR count). The van der Waals surface area contributed by atoms with Crippen LogP contribution in [0.5, 0.6) is 17.2 Å². The molecule has 144 valence electrons. The van der Waals surface area contributed by atoms with Gasteiger partial charge in [-0.1, -0.05) is 0 Å². The summed E-state index contributed by atoms with van der Waals surface area (Å²) >= 11 is 3.44. The van der Waals surface area contributed by atoms with Gasteiger partial charge in [-0.05, 0) is 59.1 Å². The van der Waals surface area contributed by atoms with Crippen LogP contribution in [-0.2, 0) is 0 Å². The Morgan fingerprint density at radius 1 is 1.00 bits per heavy atom. The van der Waals surface area contributed by atoms with E-state index in [1.165, 1.54) is 39.9 Å². The molecule has 0 bridgehead atoms. The number of amides is 1. The molecule has 1 fully saturated rings. The molecule has 0 aliphatic carbocycles. The molecule has 6 nitrogen and oxygen atoms in total. The van der Waals surface area contributed by atoms with Gasteiger partial charge in [-0.25, -0.2) is 0 Å². The lowest BCUT2D eigenvalue weighted by atomic mass is 10.1. The maximum Gasteiger partial charge on any atom is 0.257 e. The number of rotatable bonds is 6.